The standard InChI is InChI=1S/C13H10FNO3/c1-18-11-8-7-10(14)12(13(11)15(16)17)9-5-3-2-4-6-9/h2-8H,1H3. The molecule has 0 aromatic heterocycles. The van der Waals surface area contributed by atoms with Crippen molar-refractivity contribution in [2.75, 3.05) is 7.11 Å². The Hall–Kier alpha value is -2.43. The molecule has 0 radical (unpaired) electrons. The maximum Gasteiger partial charge on any atom is 0.321 e. The lowest BCUT2D eigenvalue weighted by molar-refractivity contribution is -0.385. The van der Waals surface area contributed by atoms with Crippen LogP contribution in [0.15, 0.2) is 42.5 Å². The van der Waals surface area contributed by atoms with Gasteiger partial charge in [-0.15, -0.1) is 0 Å². The lowest BCUT2D eigenvalue weighted by Crippen LogP contribution is -1.98. The average molecular weight is 247 g/mol. The molecule has 0 atom stereocenters. The van der Waals surface area contributed by atoms with Gasteiger partial charge in [0.05, 0.1) is 17.6 Å². The second-order valence-electron chi connectivity index (χ2n) is 3.60. The molecule has 0 N–H and O–H groups in total. The number of hydrogen-bond acceptors (Lipinski definition) is 3. The van der Waals surface area contributed by atoms with Crippen LogP contribution in [-0.2, 0) is 0 Å². The molecule has 0 fully saturated rings. The maximum atomic E-state index is 13.9. The van der Waals surface area contributed by atoms with Crippen LogP contribution in [0.2, 0.25) is 0 Å². The Morgan fingerprint density at radius 1 is 1.17 bits per heavy atom. The monoisotopic (exact) mass is 247 g/mol. The maximum absolute atomic E-state index is 13.9. The van der Waals surface area contributed by atoms with Crippen molar-refractivity contribution in [1.29, 1.82) is 0 Å². The predicted molar refractivity (Wildman–Crippen MR) is 65.0 cm³/mol. The minimum absolute atomic E-state index is 0.0419. The molecule has 0 saturated carbocycles. The van der Waals surface area contributed by atoms with E-state index in [-0.39, 0.29) is 17.0 Å². The molecule has 92 valence electrons. The zero-order valence-corrected chi connectivity index (χ0v) is 9.59. The van der Waals surface area contributed by atoms with E-state index in [0.717, 1.165) is 6.07 Å². The van der Waals surface area contributed by atoms with E-state index >= 15 is 0 Å². The van der Waals surface area contributed by atoms with Crippen LogP contribution in [-0.4, -0.2) is 12.0 Å². The molecule has 0 spiro atoms. The molecular weight excluding hydrogens is 237 g/mol. The van der Waals surface area contributed by atoms with Crippen LogP contribution in [0.3, 0.4) is 0 Å². The number of ether oxygens (including phenoxy) is 1. The van der Waals surface area contributed by atoms with Gasteiger partial charge in [0, 0.05) is 0 Å². The first-order chi connectivity index (χ1) is 8.65. The Bertz CT molecular complexity index is 584. The molecule has 0 amide bonds. The minimum Gasteiger partial charge on any atom is -0.490 e. The van der Waals surface area contributed by atoms with E-state index in [1.807, 2.05) is 0 Å². The highest BCUT2D eigenvalue weighted by Gasteiger charge is 2.25. The van der Waals surface area contributed by atoms with Gasteiger partial charge in [0.15, 0.2) is 5.75 Å². The summed E-state index contributed by atoms with van der Waals surface area (Å²) in [6.07, 6.45) is 0. The average Bonchev–Trinajstić information content (AvgIpc) is 2.39. The van der Waals surface area contributed by atoms with E-state index in [1.54, 1.807) is 30.3 Å². The van der Waals surface area contributed by atoms with E-state index in [1.165, 1.54) is 13.2 Å². The van der Waals surface area contributed by atoms with Crippen LogP contribution in [0.4, 0.5) is 10.1 Å². The molecule has 5 heteroatoms. The van der Waals surface area contributed by atoms with E-state index in [4.69, 9.17) is 4.74 Å². The van der Waals surface area contributed by atoms with Crippen LogP contribution in [0.5, 0.6) is 5.75 Å². The summed E-state index contributed by atoms with van der Waals surface area (Å²) in [5.74, 6) is -0.603. The van der Waals surface area contributed by atoms with E-state index in [0.29, 0.717) is 5.56 Å². The molecule has 0 aliphatic rings. The number of hydrogen-bond donors (Lipinski definition) is 0. The molecule has 2 rings (SSSR count). The third-order valence-corrected chi connectivity index (χ3v) is 2.56. The van der Waals surface area contributed by atoms with Crippen molar-refractivity contribution >= 4 is 5.69 Å². The quantitative estimate of drug-likeness (QED) is 0.617. The van der Waals surface area contributed by atoms with Gasteiger partial charge in [-0.25, -0.2) is 4.39 Å². The molecule has 18 heavy (non-hydrogen) atoms. The van der Waals surface area contributed by atoms with Gasteiger partial charge in [-0.1, -0.05) is 30.3 Å². The van der Waals surface area contributed by atoms with Gasteiger partial charge in [-0.3, -0.25) is 10.1 Å². The first-order valence-corrected chi connectivity index (χ1v) is 5.21. The number of nitro benzene ring substituents is 1. The highest BCUT2D eigenvalue weighted by molar-refractivity contribution is 5.77. The minimum atomic E-state index is -0.645. The summed E-state index contributed by atoms with van der Waals surface area (Å²) in [7, 11) is 1.31. The fourth-order valence-corrected chi connectivity index (χ4v) is 1.77. The largest absolute Gasteiger partial charge is 0.490 e. The second-order valence-corrected chi connectivity index (χ2v) is 3.60. The predicted octanol–water partition coefficient (Wildman–Crippen LogP) is 3.41. The molecular formula is C13H10FNO3. The van der Waals surface area contributed by atoms with E-state index < -0.39 is 10.7 Å². The molecule has 4 nitrogen and oxygen atoms in total. The number of nitro groups is 1. The van der Waals surface area contributed by atoms with Gasteiger partial charge in [0.1, 0.15) is 5.82 Å². The van der Waals surface area contributed by atoms with Gasteiger partial charge in [-0.05, 0) is 17.7 Å². The fourth-order valence-electron chi connectivity index (χ4n) is 1.77. The molecule has 2 aromatic rings. The molecule has 0 unspecified atom stereocenters. The van der Waals surface area contributed by atoms with Crippen molar-refractivity contribution in [2.45, 2.75) is 0 Å². The van der Waals surface area contributed by atoms with Crippen LogP contribution < -0.4 is 4.74 Å². The first-order valence-electron chi connectivity index (χ1n) is 5.21. The summed E-state index contributed by atoms with van der Waals surface area (Å²) in [6, 6.07) is 10.8. The third-order valence-electron chi connectivity index (χ3n) is 2.56. The highest BCUT2D eigenvalue weighted by Crippen LogP contribution is 2.39. The van der Waals surface area contributed by atoms with Gasteiger partial charge >= 0.3 is 5.69 Å². The summed E-state index contributed by atoms with van der Waals surface area (Å²) < 4.78 is 18.8. The van der Waals surface area contributed by atoms with Crippen LogP contribution in [0, 0.1) is 15.9 Å². The molecule has 0 aliphatic carbocycles. The zero-order valence-electron chi connectivity index (χ0n) is 9.59. The molecule has 0 bridgehead atoms. The number of halogens is 1. The topological polar surface area (TPSA) is 52.4 Å². The summed E-state index contributed by atoms with van der Waals surface area (Å²) in [5, 5.41) is 11.1. The van der Waals surface area contributed by atoms with Crippen molar-refractivity contribution in [3.63, 3.8) is 0 Å². The number of rotatable bonds is 3. The van der Waals surface area contributed by atoms with Crippen molar-refractivity contribution in [1.82, 2.24) is 0 Å². The van der Waals surface area contributed by atoms with Crippen LogP contribution in [0.1, 0.15) is 0 Å². The lowest BCUT2D eigenvalue weighted by Gasteiger charge is -2.08. The summed E-state index contributed by atoms with van der Waals surface area (Å²) >= 11 is 0. The molecule has 2 aromatic carbocycles. The van der Waals surface area contributed by atoms with Crippen molar-refractivity contribution < 1.29 is 14.1 Å². The smallest absolute Gasteiger partial charge is 0.321 e. The number of methoxy groups -OCH3 is 1. The van der Waals surface area contributed by atoms with Gasteiger partial charge in [0.2, 0.25) is 0 Å². The van der Waals surface area contributed by atoms with Crippen molar-refractivity contribution in [2.24, 2.45) is 0 Å². The summed E-state index contributed by atoms with van der Waals surface area (Å²) in [6.45, 7) is 0. The van der Waals surface area contributed by atoms with Crippen molar-refractivity contribution in [3.05, 3.63) is 58.4 Å². The Morgan fingerprint density at radius 2 is 1.83 bits per heavy atom. The van der Waals surface area contributed by atoms with Crippen LogP contribution in [0.25, 0.3) is 11.1 Å². The molecule has 0 saturated heterocycles. The Labute approximate surface area is 103 Å². The second kappa shape index (κ2) is 4.83. The number of benzene rings is 2. The molecule has 0 heterocycles. The third kappa shape index (κ3) is 2.02. The Balaban J connectivity index is 2.76. The van der Waals surface area contributed by atoms with Gasteiger partial charge in [-0.2, -0.15) is 0 Å². The normalized spacial score (nSPS) is 10.1. The first kappa shape index (κ1) is 12.0. The van der Waals surface area contributed by atoms with Gasteiger partial charge < -0.3 is 4.74 Å². The van der Waals surface area contributed by atoms with Crippen LogP contribution >= 0.6 is 0 Å². The highest BCUT2D eigenvalue weighted by atomic mass is 19.1. The SMILES string of the molecule is COc1ccc(F)c(-c2ccccc2)c1[N+](=O)[O-]. The van der Waals surface area contributed by atoms with E-state index in [9.17, 15) is 14.5 Å². The van der Waals surface area contributed by atoms with Crippen molar-refractivity contribution in [3.8, 4) is 16.9 Å². The zero-order chi connectivity index (χ0) is 13.1. The summed E-state index contributed by atoms with van der Waals surface area (Å²) in [5.41, 5.74) is 0.0317. The van der Waals surface area contributed by atoms with E-state index in [2.05, 4.69) is 0 Å². The Kier molecular flexibility index (Phi) is 3.23. The Morgan fingerprint density at radius 3 is 2.39 bits per heavy atom. The van der Waals surface area contributed by atoms with Gasteiger partial charge in [0.25, 0.3) is 0 Å². The summed E-state index contributed by atoms with van der Waals surface area (Å²) in [4.78, 5) is 10.5. The number of nitrogens with zero attached hydrogens (tertiary/aromatic N) is 1. The fraction of sp³-hybridized carbons (Fsp3) is 0.0769. The lowest BCUT2D eigenvalue weighted by atomic mass is 10.0. The molecule has 0 aliphatic heterocycles.